The summed E-state index contributed by atoms with van der Waals surface area (Å²) >= 11 is 0. The van der Waals surface area contributed by atoms with Crippen molar-refractivity contribution in [2.75, 3.05) is 6.54 Å². The normalized spacial score (nSPS) is 15.7. The predicted molar refractivity (Wildman–Crippen MR) is 67.7 cm³/mol. The van der Waals surface area contributed by atoms with Gasteiger partial charge in [0.1, 0.15) is 6.04 Å². The van der Waals surface area contributed by atoms with E-state index in [1.165, 1.54) is 11.1 Å². The topological polar surface area (TPSA) is 75.4 Å². The van der Waals surface area contributed by atoms with Gasteiger partial charge in [-0.2, -0.15) is 0 Å². The van der Waals surface area contributed by atoms with Gasteiger partial charge >= 0.3 is 6.03 Å². The summed E-state index contributed by atoms with van der Waals surface area (Å²) in [7, 11) is 0. The highest BCUT2D eigenvalue weighted by atomic mass is 16.2. The number of amides is 3. The molecular formula is C13H17N3O2. The largest absolute Gasteiger partial charge is 0.352 e. The highest BCUT2D eigenvalue weighted by Gasteiger charge is 2.24. The van der Waals surface area contributed by atoms with E-state index < -0.39 is 12.1 Å². The average Bonchev–Trinajstić information content (AvgIpc) is 2.36. The Balaban J connectivity index is 2.04. The molecule has 0 aliphatic carbocycles. The number of nitrogens with two attached hydrogens (primary N) is 1. The second-order valence-electron chi connectivity index (χ2n) is 4.51. The van der Waals surface area contributed by atoms with E-state index in [9.17, 15) is 9.59 Å². The minimum Gasteiger partial charge on any atom is -0.352 e. The Labute approximate surface area is 106 Å². The van der Waals surface area contributed by atoms with Gasteiger partial charge in [0, 0.05) is 13.1 Å². The van der Waals surface area contributed by atoms with Crippen molar-refractivity contribution >= 4 is 11.9 Å². The lowest BCUT2D eigenvalue weighted by molar-refractivity contribution is -0.133. The summed E-state index contributed by atoms with van der Waals surface area (Å²) in [5.74, 6) is -0.0942. The van der Waals surface area contributed by atoms with Crippen molar-refractivity contribution < 1.29 is 9.59 Å². The highest BCUT2D eigenvalue weighted by Crippen LogP contribution is 2.18. The number of urea groups is 1. The summed E-state index contributed by atoms with van der Waals surface area (Å²) in [5.41, 5.74) is 7.48. The standard InChI is InChI=1S/C13H17N3O2/c1-9(15-13(14)18)12(17)16-7-6-10-4-2-3-5-11(10)8-16/h2-5,9H,6-8H2,1H3,(H3,14,15,18)/t9-/m1/s1. The highest BCUT2D eigenvalue weighted by molar-refractivity contribution is 5.86. The molecule has 0 saturated heterocycles. The molecule has 96 valence electrons. The molecule has 1 aromatic carbocycles. The fourth-order valence-electron chi connectivity index (χ4n) is 2.23. The fraction of sp³-hybridized carbons (Fsp3) is 0.385. The van der Waals surface area contributed by atoms with E-state index in [-0.39, 0.29) is 5.91 Å². The number of carbonyl (C=O) groups is 2. The van der Waals surface area contributed by atoms with Crippen LogP contribution in [0.3, 0.4) is 0 Å². The van der Waals surface area contributed by atoms with Gasteiger partial charge in [-0.25, -0.2) is 4.79 Å². The Morgan fingerprint density at radius 1 is 1.33 bits per heavy atom. The van der Waals surface area contributed by atoms with Crippen molar-refractivity contribution in [3.05, 3.63) is 35.4 Å². The number of rotatable bonds is 2. The van der Waals surface area contributed by atoms with E-state index in [4.69, 9.17) is 5.73 Å². The number of carbonyl (C=O) groups excluding carboxylic acids is 2. The van der Waals surface area contributed by atoms with Gasteiger partial charge in [0.05, 0.1) is 0 Å². The van der Waals surface area contributed by atoms with E-state index in [1.54, 1.807) is 11.8 Å². The van der Waals surface area contributed by atoms with Crippen molar-refractivity contribution in [3.63, 3.8) is 0 Å². The second kappa shape index (κ2) is 5.08. The SMILES string of the molecule is C[C@@H](NC(N)=O)C(=O)N1CCc2ccccc2C1. The first-order chi connectivity index (χ1) is 8.58. The van der Waals surface area contributed by atoms with Gasteiger partial charge in [-0.3, -0.25) is 4.79 Å². The van der Waals surface area contributed by atoms with Crippen LogP contribution in [0.15, 0.2) is 24.3 Å². The van der Waals surface area contributed by atoms with E-state index in [0.717, 1.165) is 6.42 Å². The molecule has 5 heteroatoms. The number of primary amides is 1. The van der Waals surface area contributed by atoms with Crippen molar-refractivity contribution in [3.8, 4) is 0 Å². The van der Waals surface area contributed by atoms with Crippen LogP contribution in [-0.2, 0) is 17.8 Å². The van der Waals surface area contributed by atoms with Crippen molar-refractivity contribution in [1.82, 2.24) is 10.2 Å². The molecule has 3 N–H and O–H groups in total. The van der Waals surface area contributed by atoms with Crippen LogP contribution >= 0.6 is 0 Å². The molecule has 1 heterocycles. The number of fused-ring (bicyclic) bond motifs is 1. The Morgan fingerprint density at radius 3 is 2.67 bits per heavy atom. The molecule has 2 rings (SSSR count). The predicted octanol–water partition coefficient (Wildman–Crippen LogP) is 0.628. The lowest BCUT2D eigenvalue weighted by Crippen LogP contribution is -2.49. The zero-order valence-electron chi connectivity index (χ0n) is 10.3. The molecule has 1 aliphatic heterocycles. The van der Waals surface area contributed by atoms with Crippen LogP contribution in [0.25, 0.3) is 0 Å². The molecule has 1 atom stereocenters. The van der Waals surface area contributed by atoms with Gasteiger partial charge in [-0.05, 0) is 24.5 Å². The molecule has 0 bridgehead atoms. The van der Waals surface area contributed by atoms with Gasteiger partial charge in [-0.15, -0.1) is 0 Å². The Bertz CT molecular complexity index is 473. The quantitative estimate of drug-likeness (QED) is 0.804. The lowest BCUT2D eigenvalue weighted by Gasteiger charge is -2.30. The maximum Gasteiger partial charge on any atom is 0.312 e. The Hall–Kier alpha value is -2.04. The summed E-state index contributed by atoms with van der Waals surface area (Å²) in [5, 5.41) is 2.41. The summed E-state index contributed by atoms with van der Waals surface area (Å²) in [6, 6.07) is 6.84. The summed E-state index contributed by atoms with van der Waals surface area (Å²) in [6.07, 6.45) is 0.852. The third-order valence-corrected chi connectivity index (χ3v) is 3.17. The molecule has 0 aromatic heterocycles. The van der Waals surface area contributed by atoms with Crippen molar-refractivity contribution in [2.24, 2.45) is 5.73 Å². The van der Waals surface area contributed by atoms with E-state index >= 15 is 0 Å². The monoisotopic (exact) mass is 247 g/mol. The molecule has 0 saturated carbocycles. The first kappa shape index (κ1) is 12.4. The maximum absolute atomic E-state index is 12.1. The number of benzene rings is 1. The van der Waals surface area contributed by atoms with Gasteiger partial charge in [-0.1, -0.05) is 24.3 Å². The molecule has 1 aliphatic rings. The summed E-state index contributed by atoms with van der Waals surface area (Å²) in [4.78, 5) is 24.6. The fourth-order valence-corrected chi connectivity index (χ4v) is 2.23. The third kappa shape index (κ3) is 2.61. The third-order valence-electron chi connectivity index (χ3n) is 3.17. The van der Waals surface area contributed by atoms with E-state index in [0.29, 0.717) is 13.1 Å². The second-order valence-corrected chi connectivity index (χ2v) is 4.51. The number of hydrogen-bond acceptors (Lipinski definition) is 2. The zero-order chi connectivity index (χ0) is 13.1. The summed E-state index contributed by atoms with van der Waals surface area (Å²) < 4.78 is 0. The minimum absolute atomic E-state index is 0.0942. The molecule has 0 radical (unpaired) electrons. The van der Waals surface area contributed by atoms with Crippen LogP contribution in [0, 0.1) is 0 Å². The van der Waals surface area contributed by atoms with Crippen LogP contribution in [0.5, 0.6) is 0 Å². The van der Waals surface area contributed by atoms with Crippen molar-refractivity contribution in [1.29, 1.82) is 0 Å². The Kier molecular flexibility index (Phi) is 3.50. The van der Waals surface area contributed by atoms with Crippen LogP contribution in [0.4, 0.5) is 4.79 Å². The first-order valence-corrected chi connectivity index (χ1v) is 5.99. The minimum atomic E-state index is -0.673. The van der Waals surface area contributed by atoms with E-state index in [1.807, 2.05) is 18.2 Å². The van der Waals surface area contributed by atoms with Gasteiger partial charge in [0.25, 0.3) is 0 Å². The smallest absolute Gasteiger partial charge is 0.312 e. The number of nitrogens with zero attached hydrogens (tertiary/aromatic N) is 1. The van der Waals surface area contributed by atoms with Crippen LogP contribution < -0.4 is 11.1 Å². The van der Waals surface area contributed by atoms with E-state index in [2.05, 4.69) is 11.4 Å². The van der Waals surface area contributed by atoms with Gasteiger partial charge < -0.3 is 16.0 Å². The molecular weight excluding hydrogens is 230 g/mol. The molecule has 5 nitrogen and oxygen atoms in total. The van der Waals surface area contributed by atoms with Crippen molar-refractivity contribution in [2.45, 2.75) is 25.9 Å². The maximum atomic E-state index is 12.1. The zero-order valence-corrected chi connectivity index (χ0v) is 10.3. The number of nitrogens with one attached hydrogen (secondary N) is 1. The lowest BCUT2D eigenvalue weighted by atomic mass is 9.99. The molecule has 18 heavy (non-hydrogen) atoms. The van der Waals surface area contributed by atoms with Crippen LogP contribution in [0.2, 0.25) is 0 Å². The summed E-state index contributed by atoms with van der Waals surface area (Å²) in [6.45, 7) is 2.92. The van der Waals surface area contributed by atoms with Crippen LogP contribution in [0.1, 0.15) is 18.1 Å². The molecule has 0 unspecified atom stereocenters. The van der Waals surface area contributed by atoms with Crippen LogP contribution in [-0.4, -0.2) is 29.4 Å². The molecule has 1 aromatic rings. The van der Waals surface area contributed by atoms with Gasteiger partial charge in [0.15, 0.2) is 0 Å². The average molecular weight is 247 g/mol. The molecule has 0 spiro atoms. The first-order valence-electron chi connectivity index (χ1n) is 5.99. The Morgan fingerprint density at radius 2 is 2.00 bits per heavy atom. The molecule has 3 amide bonds. The number of hydrogen-bond donors (Lipinski definition) is 2. The van der Waals surface area contributed by atoms with Gasteiger partial charge in [0.2, 0.25) is 5.91 Å². The molecule has 0 fully saturated rings.